The predicted molar refractivity (Wildman–Crippen MR) is 290 cm³/mol. The van der Waals surface area contributed by atoms with E-state index in [9.17, 15) is 0 Å². The van der Waals surface area contributed by atoms with Gasteiger partial charge in [-0.2, -0.15) is 0 Å². The van der Waals surface area contributed by atoms with Crippen molar-refractivity contribution in [3.05, 3.63) is 104 Å². The monoisotopic (exact) mass is 973 g/mol. The third kappa shape index (κ3) is 9.53. The molecule has 348 valence electrons. The Morgan fingerprint density at radius 2 is 0.594 bits per heavy atom. The number of unbranched alkanes of at least 4 members (excludes halogenated alkanes) is 18. The van der Waals surface area contributed by atoms with Gasteiger partial charge in [-0.15, -0.1) is 0 Å². The van der Waals surface area contributed by atoms with E-state index in [2.05, 4.69) is 131 Å². The van der Waals surface area contributed by atoms with Crippen molar-refractivity contribution in [3.63, 3.8) is 0 Å². The topological polar surface area (TPSA) is 0 Å². The highest BCUT2D eigenvalue weighted by Gasteiger charge is 2.57. The quantitative estimate of drug-likeness (QED) is 0.0361. The molecule has 0 aromatic heterocycles. The number of hydrogen-bond acceptors (Lipinski definition) is 0. The smallest absolute Gasteiger partial charge is 0.0222 e. The Morgan fingerprint density at radius 1 is 0.312 bits per heavy atom. The van der Waals surface area contributed by atoms with Gasteiger partial charge in [0.15, 0.2) is 0 Å². The van der Waals surface area contributed by atoms with Crippen LogP contribution < -0.4 is 0 Å². The minimum Gasteiger partial charge on any atom is -0.0654 e. The molecule has 0 fully saturated rings. The van der Waals surface area contributed by atoms with E-state index in [0.717, 1.165) is 0 Å². The molecule has 0 atom stereocenters. The first-order valence-corrected chi connectivity index (χ1v) is 28.8. The molecule has 0 nitrogen and oxygen atoms in total. The molecule has 0 aliphatic heterocycles. The molecule has 0 N–H and O–H groups in total. The van der Waals surface area contributed by atoms with Crippen LogP contribution in [0, 0.1) is 3.57 Å². The molecule has 4 aromatic rings. The van der Waals surface area contributed by atoms with E-state index >= 15 is 0 Å². The van der Waals surface area contributed by atoms with Crippen LogP contribution in [0.2, 0.25) is 0 Å². The van der Waals surface area contributed by atoms with E-state index in [4.69, 9.17) is 0 Å². The summed E-state index contributed by atoms with van der Waals surface area (Å²) in [6.07, 6.45) is 39.5. The normalized spacial score (nSPS) is 15.5. The highest BCUT2D eigenvalue weighted by atomic mass is 127. The maximum absolute atomic E-state index is 2.71. The van der Waals surface area contributed by atoms with Crippen LogP contribution in [0.3, 0.4) is 0 Å². The molecule has 1 heteroatoms. The van der Waals surface area contributed by atoms with Crippen LogP contribution in [0.15, 0.2) is 66.7 Å². The van der Waals surface area contributed by atoms with Gasteiger partial charge in [-0.3, -0.25) is 0 Å². The van der Waals surface area contributed by atoms with Gasteiger partial charge in [-0.05, 0) is 140 Å². The molecule has 0 heterocycles. The number of rotatable bonds is 30. The molecular weight excluding hydrogens is 884 g/mol. The Morgan fingerprint density at radius 3 is 0.906 bits per heavy atom. The lowest BCUT2D eigenvalue weighted by molar-refractivity contribution is 0.389. The predicted octanol–water partition coefficient (Wildman–Crippen LogP) is 20.9. The van der Waals surface area contributed by atoms with Crippen molar-refractivity contribution in [2.45, 2.75) is 250 Å². The summed E-state index contributed by atoms with van der Waals surface area (Å²) in [5, 5.41) is 0. The van der Waals surface area contributed by atoms with Gasteiger partial charge >= 0.3 is 0 Å². The number of benzene rings is 4. The Bertz CT molecular complexity index is 2050. The highest BCUT2D eigenvalue weighted by Crippen LogP contribution is 2.71. The zero-order valence-electron chi connectivity index (χ0n) is 41.9. The molecule has 0 saturated heterocycles. The zero-order valence-corrected chi connectivity index (χ0v) is 44.1. The summed E-state index contributed by atoms with van der Waals surface area (Å²) in [4.78, 5) is 0. The van der Waals surface area contributed by atoms with E-state index in [1.807, 2.05) is 5.56 Å². The molecule has 0 amide bonds. The lowest BCUT2D eigenvalue weighted by atomic mass is 9.63. The molecule has 64 heavy (non-hydrogen) atoms. The standard InChI is InChI=1S/C63H89I/c1-7-13-19-29-41-61(42-30-20-14-8-2)53-38-28-26-36-50(53)56-58(61)55-49-35-25-27-37-52(49)62(43-31-21-15-9-3,44-32-22-16-10-4)59(55)57-51-40-39-48(64)47-54(51)63(60(56)57,45-33-23-17-11-5)46-34-24-18-12-6/h25-28,35-40,47H,7-24,29-34,41-46H2,1-6H3. The molecular formula is C63H89I. The Hall–Kier alpha value is -2.39. The Kier molecular flexibility index (Phi) is 18.2. The zero-order chi connectivity index (χ0) is 45.0. The number of halogens is 1. The van der Waals surface area contributed by atoms with Crippen molar-refractivity contribution in [1.29, 1.82) is 0 Å². The average Bonchev–Trinajstić information content (AvgIpc) is 3.87. The van der Waals surface area contributed by atoms with Crippen molar-refractivity contribution in [2.24, 2.45) is 0 Å². The molecule has 7 rings (SSSR count). The maximum Gasteiger partial charge on any atom is 0.0222 e. The van der Waals surface area contributed by atoms with Gasteiger partial charge in [0.05, 0.1) is 0 Å². The van der Waals surface area contributed by atoms with Crippen molar-refractivity contribution in [3.8, 4) is 33.4 Å². The molecule has 0 bridgehead atoms. The lowest BCUT2D eigenvalue weighted by Crippen LogP contribution is -2.31. The van der Waals surface area contributed by atoms with Crippen LogP contribution in [-0.4, -0.2) is 0 Å². The fourth-order valence-electron chi connectivity index (χ4n) is 13.8. The van der Waals surface area contributed by atoms with Crippen molar-refractivity contribution in [2.75, 3.05) is 0 Å². The minimum absolute atomic E-state index is 0.0188. The van der Waals surface area contributed by atoms with Gasteiger partial charge in [0.25, 0.3) is 0 Å². The second-order valence-corrected chi connectivity index (χ2v) is 22.4. The van der Waals surface area contributed by atoms with Gasteiger partial charge in [0.2, 0.25) is 0 Å². The third-order valence-electron chi connectivity index (χ3n) is 16.9. The fraction of sp³-hybridized carbons (Fsp3) is 0.619. The van der Waals surface area contributed by atoms with Gasteiger partial charge < -0.3 is 0 Å². The molecule has 0 radical (unpaired) electrons. The number of hydrogen-bond donors (Lipinski definition) is 0. The largest absolute Gasteiger partial charge is 0.0654 e. The van der Waals surface area contributed by atoms with Crippen LogP contribution in [0.1, 0.15) is 268 Å². The third-order valence-corrected chi connectivity index (χ3v) is 17.5. The molecule has 0 saturated carbocycles. The molecule has 3 aliphatic carbocycles. The summed E-state index contributed by atoms with van der Waals surface area (Å²) in [5.41, 5.74) is 20.5. The summed E-state index contributed by atoms with van der Waals surface area (Å²) < 4.78 is 1.42. The van der Waals surface area contributed by atoms with Crippen LogP contribution in [0.25, 0.3) is 33.4 Å². The first-order valence-electron chi connectivity index (χ1n) is 27.7. The second-order valence-electron chi connectivity index (χ2n) is 21.1. The van der Waals surface area contributed by atoms with Gasteiger partial charge in [0, 0.05) is 19.8 Å². The number of fused-ring (bicyclic) bond motifs is 12. The SMILES string of the molecule is CCCCCCC1(CCCCCC)c2ccccc2-c2c1c1c(c3c2C(CCCCCC)(CCCCCC)c2cc(I)ccc2-3)C(CCCCCC)(CCCCCC)c2ccccc2-1. The first-order chi connectivity index (χ1) is 31.4. The van der Waals surface area contributed by atoms with E-state index in [1.165, 1.54) is 196 Å². The lowest BCUT2D eigenvalue weighted by Gasteiger charge is -2.39. The summed E-state index contributed by atoms with van der Waals surface area (Å²) in [5.74, 6) is 0. The van der Waals surface area contributed by atoms with Gasteiger partial charge in [0.1, 0.15) is 0 Å². The highest BCUT2D eigenvalue weighted by molar-refractivity contribution is 14.1. The molecule has 3 aliphatic rings. The minimum atomic E-state index is 0.0188. The summed E-state index contributed by atoms with van der Waals surface area (Å²) >= 11 is 2.67. The van der Waals surface area contributed by atoms with Crippen molar-refractivity contribution >= 4 is 22.6 Å². The van der Waals surface area contributed by atoms with Crippen molar-refractivity contribution in [1.82, 2.24) is 0 Å². The van der Waals surface area contributed by atoms with E-state index in [0.29, 0.717) is 0 Å². The van der Waals surface area contributed by atoms with Gasteiger partial charge in [-0.1, -0.05) is 250 Å². The molecule has 4 aromatic carbocycles. The summed E-state index contributed by atoms with van der Waals surface area (Å²) in [7, 11) is 0. The van der Waals surface area contributed by atoms with E-state index in [-0.39, 0.29) is 16.2 Å². The second kappa shape index (κ2) is 23.6. The molecule has 0 unspecified atom stereocenters. The van der Waals surface area contributed by atoms with Crippen molar-refractivity contribution < 1.29 is 0 Å². The van der Waals surface area contributed by atoms with E-state index < -0.39 is 0 Å². The average molecular weight is 973 g/mol. The first kappa shape index (κ1) is 49.5. The Labute approximate surface area is 407 Å². The van der Waals surface area contributed by atoms with Crippen LogP contribution in [-0.2, 0) is 16.2 Å². The Balaban J connectivity index is 1.66. The summed E-state index contributed by atoms with van der Waals surface area (Å²) in [6, 6.07) is 28.1. The van der Waals surface area contributed by atoms with Gasteiger partial charge in [-0.25, -0.2) is 0 Å². The van der Waals surface area contributed by atoms with Crippen LogP contribution in [0.4, 0.5) is 0 Å². The van der Waals surface area contributed by atoms with E-state index in [1.54, 1.807) is 61.2 Å². The summed E-state index contributed by atoms with van der Waals surface area (Å²) in [6.45, 7) is 14.4. The van der Waals surface area contributed by atoms with Crippen LogP contribution >= 0.6 is 22.6 Å². The maximum atomic E-state index is 2.71. The molecule has 0 spiro atoms. The fourth-order valence-corrected chi connectivity index (χ4v) is 14.3. The van der Waals surface area contributed by atoms with Crippen LogP contribution in [0.5, 0.6) is 0 Å².